The number of nitrogens with zero attached hydrogens (tertiary/aromatic N) is 3. The van der Waals surface area contributed by atoms with Crippen LogP contribution in [0.4, 0.5) is 10.7 Å². The molecule has 0 fully saturated rings. The van der Waals surface area contributed by atoms with Gasteiger partial charge in [0.2, 0.25) is 5.95 Å². The number of hydrogen-bond donors (Lipinski definition) is 3. The van der Waals surface area contributed by atoms with Crippen molar-refractivity contribution in [2.45, 2.75) is 32.2 Å². The number of pyridine rings is 1. The molecule has 2 aromatic heterocycles. The van der Waals surface area contributed by atoms with Gasteiger partial charge in [0.05, 0.1) is 5.69 Å². The Morgan fingerprint density at radius 3 is 2.93 bits per heavy atom. The Hall–Kier alpha value is -3.52. The molecular weight excluding hydrogens is 370 g/mol. The van der Waals surface area contributed by atoms with Gasteiger partial charge >= 0.3 is 6.09 Å². The number of rotatable bonds is 4. The van der Waals surface area contributed by atoms with Crippen LogP contribution in [0.25, 0.3) is 11.3 Å². The lowest BCUT2D eigenvalue weighted by molar-refractivity contribution is 0.127. The van der Waals surface area contributed by atoms with Crippen LogP contribution in [-0.4, -0.2) is 32.3 Å². The van der Waals surface area contributed by atoms with Gasteiger partial charge in [-0.05, 0) is 67.1 Å². The number of hydroxylamine groups is 1. The SMILES string of the molecule is Cc1cncc(-c2ccnc(NC3CCc4ccc(OC(=O)NO)cc4C3)n2)c1. The summed E-state index contributed by atoms with van der Waals surface area (Å²) in [4.78, 5) is 24.4. The largest absolute Gasteiger partial charge is 0.436 e. The predicted octanol–water partition coefficient (Wildman–Crippen LogP) is 3.29. The highest BCUT2D eigenvalue weighted by Crippen LogP contribution is 2.27. The zero-order valence-corrected chi connectivity index (χ0v) is 15.9. The first-order chi connectivity index (χ1) is 14.1. The van der Waals surface area contributed by atoms with Gasteiger partial charge in [-0.3, -0.25) is 10.2 Å². The van der Waals surface area contributed by atoms with Gasteiger partial charge < -0.3 is 10.1 Å². The standard InChI is InChI=1S/C21H21N5O3/c1-13-8-16(12-22-11-13)19-6-7-23-20(25-19)24-17-4-2-14-3-5-18(10-15(14)9-17)29-21(27)26-28/h3,5-8,10-12,17,28H,2,4,9H2,1H3,(H,26,27)(H,23,24,25). The summed E-state index contributed by atoms with van der Waals surface area (Å²) in [5, 5.41) is 12.0. The van der Waals surface area contributed by atoms with Crippen LogP contribution in [0.2, 0.25) is 0 Å². The third-order valence-electron chi connectivity index (χ3n) is 4.87. The van der Waals surface area contributed by atoms with Crippen molar-refractivity contribution in [2.24, 2.45) is 0 Å². The van der Waals surface area contributed by atoms with Crippen molar-refractivity contribution >= 4 is 12.0 Å². The second kappa shape index (κ2) is 8.24. The summed E-state index contributed by atoms with van der Waals surface area (Å²) >= 11 is 0. The third-order valence-corrected chi connectivity index (χ3v) is 4.87. The molecule has 1 atom stereocenters. The minimum atomic E-state index is -0.911. The normalized spacial score (nSPS) is 15.3. The minimum absolute atomic E-state index is 0.162. The van der Waals surface area contributed by atoms with E-state index in [9.17, 15) is 4.79 Å². The summed E-state index contributed by atoms with van der Waals surface area (Å²) in [6, 6.07) is 9.58. The van der Waals surface area contributed by atoms with Crippen LogP contribution in [0.5, 0.6) is 5.75 Å². The molecule has 29 heavy (non-hydrogen) atoms. The Balaban J connectivity index is 1.48. The highest BCUT2D eigenvalue weighted by Gasteiger charge is 2.20. The van der Waals surface area contributed by atoms with E-state index in [1.807, 2.05) is 37.4 Å². The summed E-state index contributed by atoms with van der Waals surface area (Å²) in [6.45, 7) is 2.00. The quantitative estimate of drug-likeness (QED) is 0.462. The molecule has 1 amide bonds. The topological polar surface area (TPSA) is 109 Å². The second-order valence-corrected chi connectivity index (χ2v) is 7.03. The van der Waals surface area contributed by atoms with Gasteiger partial charge in [-0.25, -0.2) is 20.2 Å². The number of carbonyl (C=O) groups is 1. The van der Waals surface area contributed by atoms with Crippen LogP contribution in [0, 0.1) is 6.92 Å². The molecule has 0 spiro atoms. The Morgan fingerprint density at radius 2 is 2.10 bits per heavy atom. The Bertz CT molecular complexity index is 1040. The number of ether oxygens (including phenoxy) is 1. The summed E-state index contributed by atoms with van der Waals surface area (Å²) in [5.41, 5.74) is 6.63. The first kappa shape index (κ1) is 18.8. The maximum atomic E-state index is 11.2. The Labute approximate surface area is 168 Å². The number of anilines is 1. The van der Waals surface area contributed by atoms with Crippen molar-refractivity contribution in [2.75, 3.05) is 5.32 Å². The molecule has 0 aliphatic heterocycles. The van der Waals surface area contributed by atoms with Gasteiger partial charge in [-0.1, -0.05) is 6.07 Å². The summed E-state index contributed by atoms with van der Waals surface area (Å²) in [5.74, 6) is 0.964. The average molecular weight is 391 g/mol. The molecule has 0 saturated carbocycles. The number of aromatic nitrogens is 3. The first-order valence-electron chi connectivity index (χ1n) is 9.36. The molecule has 8 nitrogen and oxygen atoms in total. The lowest BCUT2D eigenvalue weighted by atomic mass is 9.88. The number of hydrogen-bond acceptors (Lipinski definition) is 7. The highest BCUT2D eigenvalue weighted by molar-refractivity contribution is 5.69. The minimum Gasteiger partial charge on any atom is -0.409 e. The first-order valence-corrected chi connectivity index (χ1v) is 9.36. The Morgan fingerprint density at radius 1 is 1.21 bits per heavy atom. The van der Waals surface area contributed by atoms with Crippen LogP contribution in [-0.2, 0) is 12.8 Å². The molecule has 2 heterocycles. The van der Waals surface area contributed by atoms with Crippen molar-refractivity contribution in [3.05, 3.63) is 65.6 Å². The number of amides is 1. The van der Waals surface area contributed by atoms with E-state index in [0.717, 1.165) is 41.6 Å². The zero-order valence-electron chi connectivity index (χ0n) is 15.9. The summed E-state index contributed by atoms with van der Waals surface area (Å²) < 4.78 is 5.01. The zero-order chi connectivity index (χ0) is 20.2. The molecule has 0 saturated heterocycles. The number of carbonyl (C=O) groups excluding carboxylic acids is 1. The second-order valence-electron chi connectivity index (χ2n) is 7.03. The molecule has 0 radical (unpaired) electrons. The van der Waals surface area contributed by atoms with E-state index in [1.165, 1.54) is 11.0 Å². The van der Waals surface area contributed by atoms with E-state index in [2.05, 4.69) is 20.3 Å². The van der Waals surface area contributed by atoms with Gasteiger partial charge in [0, 0.05) is 30.2 Å². The molecule has 1 unspecified atom stereocenters. The summed E-state index contributed by atoms with van der Waals surface area (Å²) in [6.07, 6.45) is 7.04. The van der Waals surface area contributed by atoms with Crippen molar-refractivity contribution in [1.29, 1.82) is 0 Å². The van der Waals surface area contributed by atoms with E-state index in [-0.39, 0.29) is 6.04 Å². The number of benzene rings is 1. The fourth-order valence-electron chi connectivity index (χ4n) is 3.52. The fraction of sp³-hybridized carbons (Fsp3) is 0.238. The van der Waals surface area contributed by atoms with Crippen molar-refractivity contribution in [3.8, 4) is 17.0 Å². The van der Waals surface area contributed by atoms with Crippen LogP contribution >= 0.6 is 0 Å². The highest BCUT2D eigenvalue weighted by atomic mass is 16.6. The molecular formula is C21H21N5O3. The average Bonchev–Trinajstić information content (AvgIpc) is 2.73. The molecule has 148 valence electrons. The van der Waals surface area contributed by atoms with E-state index in [1.54, 1.807) is 18.5 Å². The molecule has 3 aromatic rings. The van der Waals surface area contributed by atoms with Gasteiger partial charge in [0.25, 0.3) is 0 Å². The molecule has 1 aromatic carbocycles. The lowest BCUT2D eigenvalue weighted by Crippen LogP contribution is -2.28. The van der Waals surface area contributed by atoms with Gasteiger partial charge in [0.1, 0.15) is 5.75 Å². The molecule has 0 bridgehead atoms. The fourth-order valence-corrected chi connectivity index (χ4v) is 3.52. The van der Waals surface area contributed by atoms with Gasteiger partial charge in [0.15, 0.2) is 0 Å². The third kappa shape index (κ3) is 4.49. The summed E-state index contributed by atoms with van der Waals surface area (Å²) in [7, 11) is 0. The number of nitrogens with one attached hydrogen (secondary N) is 2. The van der Waals surface area contributed by atoms with Crippen LogP contribution in [0.15, 0.2) is 48.9 Å². The molecule has 8 heteroatoms. The van der Waals surface area contributed by atoms with Crippen molar-refractivity contribution < 1.29 is 14.7 Å². The van der Waals surface area contributed by atoms with Crippen LogP contribution in [0.3, 0.4) is 0 Å². The van der Waals surface area contributed by atoms with Crippen LogP contribution in [0.1, 0.15) is 23.1 Å². The van der Waals surface area contributed by atoms with Gasteiger partial charge in [-0.15, -0.1) is 0 Å². The molecule has 1 aliphatic carbocycles. The lowest BCUT2D eigenvalue weighted by Gasteiger charge is -2.26. The van der Waals surface area contributed by atoms with E-state index in [4.69, 9.17) is 9.94 Å². The number of fused-ring (bicyclic) bond motifs is 1. The predicted molar refractivity (Wildman–Crippen MR) is 107 cm³/mol. The smallest absolute Gasteiger partial charge is 0.409 e. The monoisotopic (exact) mass is 391 g/mol. The van der Waals surface area contributed by atoms with E-state index < -0.39 is 6.09 Å². The van der Waals surface area contributed by atoms with Crippen LogP contribution < -0.4 is 15.5 Å². The van der Waals surface area contributed by atoms with Gasteiger partial charge in [-0.2, -0.15) is 0 Å². The molecule has 3 N–H and O–H groups in total. The van der Waals surface area contributed by atoms with E-state index >= 15 is 0 Å². The maximum Gasteiger partial charge on any atom is 0.436 e. The maximum absolute atomic E-state index is 11.2. The van der Waals surface area contributed by atoms with E-state index in [0.29, 0.717) is 11.7 Å². The Kier molecular flexibility index (Phi) is 5.35. The van der Waals surface area contributed by atoms with Crippen molar-refractivity contribution in [3.63, 3.8) is 0 Å². The molecule has 4 rings (SSSR count). The molecule has 1 aliphatic rings. The number of aryl methyl sites for hydroxylation is 2. The van der Waals surface area contributed by atoms with Crippen molar-refractivity contribution in [1.82, 2.24) is 20.4 Å².